The number of hydrogen-bond donors (Lipinski definition) is 1. The molecule has 4 rings (SSSR count). The average Bonchev–Trinajstić information content (AvgIpc) is 3.41. The number of amides is 2. The molecule has 0 aromatic heterocycles. The zero-order valence-corrected chi connectivity index (χ0v) is 18.0. The number of nitrogens with one attached hydrogen (secondary N) is 1. The fourth-order valence-corrected chi connectivity index (χ4v) is 4.58. The molecule has 2 aromatic rings. The highest BCUT2D eigenvalue weighted by Gasteiger charge is 2.38. The van der Waals surface area contributed by atoms with Crippen molar-refractivity contribution < 1.29 is 23.9 Å². The monoisotopic (exact) mass is 434 g/mol. The molecule has 1 saturated heterocycles. The summed E-state index contributed by atoms with van der Waals surface area (Å²) in [4.78, 5) is 50.9. The molecule has 1 heterocycles. The van der Waals surface area contributed by atoms with E-state index in [1.54, 1.807) is 6.92 Å². The number of Topliss-reactive ketones (excluding diaryl/α,β-unsaturated/α-hetero) is 1. The van der Waals surface area contributed by atoms with Crippen molar-refractivity contribution in [3.05, 3.63) is 59.7 Å². The van der Waals surface area contributed by atoms with Crippen molar-refractivity contribution in [2.24, 2.45) is 0 Å². The number of hydrogen-bond acceptors (Lipinski definition) is 5. The number of rotatable bonds is 7. The lowest BCUT2D eigenvalue weighted by atomic mass is 10.1. The lowest BCUT2D eigenvalue weighted by Crippen LogP contribution is -2.44. The van der Waals surface area contributed by atoms with Gasteiger partial charge in [-0.05, 0) is 42.0 Å². The minimum atomic E-state index is -0.909. The minimum absolute atomic E-state index is 0.0104. The molecule has 1 aliphatic heterocycles. The Morgan fingerprint density at radius 1 is 0.969 bits per heavy atom. The summed E-state index contributed by atoms with van der Waals surface area (Å²) in [6.45, 7) is 2.14. The summed E-state index contributed by atoms with van der Waals surface area (Å²) in [7, 11) is 0. The largest absolute Gasteiger partial charge is 0.460 e. The molecule has 0 bridgehead atoms. The molecule has 2 aliphatic rings. The highest BCUT2D eigenvalue weighted by molar-refractivity contribution is 6.36. The molecule has 0 saturated carbocycles. The Labute approximate surface area is 186 Å². The molecular weight excluding hydrogens is 408 g/mol. The Balaban J connectivity index is 1.38. The predicted octanol–water partition coefficient (Wildman–Crippen LogP) is 2.78. The third-order valence-electron chi connectivity index (χ3n) is 6.06. The first-order chi connectivity index (χ1) is 15.5. The number of likely N-dealkylation sites (tertiary alicyclic amines) is 1. The van der Waals surface area contributed by atoms with Crippen LogP contribution in [0.2, 0.25) is 0 Å². The first kappa shape index (κ1) is 21.7. The zero-order valence-electron chi connectivity index (χ0n) is 18.0. The molecule has 0 spiro atoms. The lowest BCUT2D eigenvalue weighted by molar-refractivity contribution is -0.156. The summed E-state index contributed by atoms with van der Waals surface area (Å²) >= 11 is 0. The maximum atomic E-state index is 12.7. The van der Waals surface area contributed by atoms with Gasteiger partial charge in [-0.1, -0.05) is 48.5 Å². The van der Waals surface area contributed by atoms with Crippen molar-refractivity contribution in [1.29, 1.82) is 0 Å². The van der Waals surface area contributed by atoms with Gasteiger partial charge in [-0.15, -0.1) is 0 Å². The molecule has 1 atom stereocenters. The first-order valence-electron chi connectivity index (χ1n) is 11.0. The van der Waals surface area contributed by atoms with Crippen molar-refractivity contribution in [3.8, 4) is 11.1 Å². The quantitative estimate of drug-likeness (QED) is 0.534. The smallest absolute Gasteiger partial charge is 0.376 e. The van der Waals surface area contributed by atoms with Gasteiger partial charge >= 0.3 is 5.97 Å². The van der Waals surface area contributed by atoms with Gasteiger partial charge < -0.3 is 15.0 Å². The van der Waals surface area contributed by atoms with Crippen LogP contribution in [0.4, 0.5) is 0 Å². The molecule has 1 fully saturated rings. The summed E-state index contributed by atoms with van der Waals surface area (Å²) in [5.41, 5.74) is 4.27. The number of carbonyl (C=O) groups excluding carboxylic acids is 4. The van der Waals surface area contributed by atoms with Crippen LogP contribution in [-0.4, -0.2) is 47.7 Å². The van der Waals surface area contributed by atoms with Gasteiger partial charge in [0.15, 0.2) is 0 Å². The highest BCUT2D eigenvalue weighted by Crippen LogP contribution is 2.43. The number of nitrogens with zero attached hydrogens (tertiary/aromatic N) is 1. The number of carbonyl (C=O) groups is 4. The van der Waals surface area contributed by atoms with Gasteiger partial charge in [0.25, 0.3) is 5.78 Å². The summed E-state index contributed by atoms with van der Waals surface area (Å²) in [6, 6.07) is 14.9. The fourth-order valence-electron chi connectivity index (χ4n) is 4.58. The zero-order chi connectivity index (χ0) is 22.7. The molecule has 1 N–H and O–H groups in total. The molecule has 166 valence electrons. The van der Waals surface area contributed by atoms with E-state index in [1.807, 2.05) is 48.5 Å². The minimum Gasteiger partial charge on any atom is -0.460 e. The average molecular weight is 434 g/mol. The highest BCUT2D eigenvalue weighted by atomic mass is 16.5. The van der Waals surface area contributed by atoms with E-state index >= 15 is 0 Å². The van der Waals surface area contributed by atoms with Crippen molar-refractivity contribution in [2.45, 2.75) is 44.7 Å². The number of benzene rings is 2. The molecule has 32 heavy (non-hydrogen) atoms. The number of esters is 1. The Morgan fingerprint density at radius 3 is 2.22 bits per heavy atom. The van der Waals surface area contributed by atoms with E-state index in [1.165, 1.54) is 4.90 Å². The SMILES string of the molecule is CCOC(=O)C(=O)C1CCCN1C(=O)CCC(=O)NC1c2ccccc2-c2ccccc21. The van der Waals surface area contributed by atoms with E-state index < -0.39 is 17.8 Å². The fraction of sp³-hybridized carbons (Fsp3) is 0.360. The maximum Gasteiger partial charge on any atom is 0.376 e. The molecule has 1 aliphatic carbocycles. The molecule has 2 amide bonds. The molecular formula is C25H26N2O5. The van der Waals surface area contributed by atoms with Crippen LogP contribution in [0, 0.1) is 0 Å². The van der Waals surface area contributed by atoms with Crippen molar-refractivity contribution in [1.82, 2.24) is 10.2 Å². The van der Waals surface area contributed by atoms with Crippen LogP contribution in [0.15, 0.2) is 48.5 Å². The Kier molecular flexibility index (Phi) is 6.35. The van der Waals surface area contributed by atoms with Gasteiger partial charge in [0.05, 0.1) is 12.6 Å². The lowest BCUT2D eigenvalue weighted by Gasteiger charge is -2.23. The van der Waals surface area contributed by atoms with Crippen LogP contribution in [0.5, 0.6) is 0 Å². The van der Waals surface area contributed by atoms with Gasteiger partial charge in [0.1, 0.15) is 6.04 Å². The van der Waals surface area contributed by atoms with Crippen LogP contribution < -0.4 is 5.32 Å². The second-order valence-corrected chi connectivity index (χ2v) is 8.00. The first-order valence-corrected chi connectivity index (χ1v) is 11.0. The molecule has 2 aromatic carbocycles. The topological polar surface area (TPSA) is 92.8 Å². The Morgan fingerprint density at radius 2 is 1.59 bits per heavy atom. The van der Waals surface area contributed by atoms with E-state index in [4.69, 9.17) is 4.74 Å². The number of ether oxygens (including phenoxy) is 1. The maximum absolute atomic E-state index is 12.7. The van der Waals surface area contributed by atoms with Crippen LogP contribution in [0.25, 0.3) is 11.1 Å². The van der Waals surface area contributed by atoms with Crippen LogP contribution in [0.1, 0.15) is 49.8 Å². The van der Waals surface area contributed by atoms with E-state index in [0.717, 1.165) is 22.3 Å². The molecule has 7 heteroatoms. The summed E-state index contributed by atoms with van der Waals surface area (Å²) in [6.07, 6.45) is 1.07. The van der Waals surface area contributed by atoms with Gasteiger partial charge in [0, 0.05) is 19.4 Å². The Hall–Kier alpha value is -3.48. The predicted molar refractivity (Wildman–Crippen MR) is 117 cm³/mol. The van der Waals surface area contributed by atoms with E-state index in [2.05, 4.69) is 5.32 Å². The van der Waals surface area contributed by atoms with E-state index in [0.29, 0.717) is 19.4 Å². The van der Waals surface area contributed by atoms with Gasteiger partial charge in [0.2, 0.25) is 11.8 Å². The van der Waals surface area contributed by atoms with Gasteiger partial charge in [-0.3, -0.25) is 14.4 Å². The molecule has 0 radical (unpaired) electrons. The Bertz CT molecular complexity index is 1020. The second kappa shape index (κ2) is 9.34. The summed E-state index contributed by atoms with van der Waals surface area (Å²) in [5, 5.41) is 3.06. The van der Waals surface area contributed by atoms with Crippen molar-refractivity contribution in [3.63, 3.8) is 0 Å². The summed E-state index contributed by atoms with van der Waals surface area (Å²) in [5.74, 6) is -2.13. The molecule has 1 unspecified atom stereocenters. The van der Waals surface area contributed by atoms with Crippen LogP contribution >= 0.6 is 0 Å². The van der Waals surface area contributed by atoms with Crippen molar-refractivity contribution in [2.75, 3.05) is 13.2 Å². The summed E-state index contributed by atoms with van der Waals surface area (Å²) < 4.78 is 4.78. The molecule has 7 nitrogen and oxygen atoms in total. The van der Waals surface area contributed by atoms with E-state index in [9.17, 15) is 19.2 Å². The van der Waals surface area contributed by atoms with Crippen LogP contribution in [-0.2, 0) is 23.9 Å². The van der Waals surface area contributed by atoms with Crippen molar-refractivity contribution >= 4 is 23.6 Å². The van der Waals surface area contributed by atoms with Crippen LogP contribution in [0.3, 0.4) is 0 Å². The van der Waals surface area contributed by atoms with E-state index in [-0.39, 0.29) is 37.3 Å². The third kappa shape index (κ3) is 4.15. The number of ketones is 1. The van der Waals surface area contributed by atoms with Gasteiger partial charge in [-0.2, -0.15) is 0 Å². The normalized spacial score (nSPS) is 16.9. The van der Waals surface area contributed by atoms with Gasteiger partial charge in [-0.25, -0.2) is 4.79 Å². The third-order valence-corrected chi connectivity index (χ3v) is 6.06. The standard InChI is InChI=1S/C25H26N2O5/c1-2-32-25(31)24(30)20-12-7-15-27(20)22(29)14-13-21(28)26-23-18-10-5-3-8-16(18)17-9-4-6-11-19(17)23/h3-6,8-11,20,23H,2,7,12-15H2,1H3,(H,26,28). The number of fused-ring (bicyclic) bond motifs is 3. The second-order valence-electron chi connectivity index (χ2n) is 8.00.